The molecule has 1 aromatic carbocycles. The molecular weight excluding hydrogens is 354 g/mol. The van der Waals surface area contributed by atoms with E-state index in [4.69, 9.17) is 20.4 Å². The molecule has 0 radical (unpaired) electrons. The van der Waals surface area contributed by atoms with Gasteiger partial charge in [0, 0.05) is 24.4 Å². The van der Waals surface area contributed by atoms with E-state index in [0.717, 1.165) is 53.9 Å². The van der Waals surface area contributed by atoms with Crippen molar-refractivity contribution in [2.45, 2.75) is 38.8 Å². The van der Waals surface area contributed by atoms with Crippen LogP contribution in [0.5, 0.6) is 0 Å². The van der Waals surface area contributed by atoms with Gasteiger partial charge in [0.05, 0.1) is 12.0 Å². The lowest BCUT2D eigenvalue weighted by Gasteiger charge is -2.24. The van der Waals surface area contributed by atoms with Crippen molar-refractivity contribution in [1.29, 1.82) is 0 Å². The molecule has 1 aliphatic heterocycles. The normalized spacial score (nSPS) is 16.8. The molecule has 28 heavy (non-hydrogen) atoms. The van der Waals surface area contributed by atoms with Crippen molar-refractivity contribution in [3.63, 3.8) is 0 Å². The number of nitrogens with two attached hydrogens (primary N) is 1. The minimum Gasteiger partial charge on any atom is -0.375 e. The third-order valence-corrected chi connectivity index (χ3v) is 5.01. The molecule has 1 fully saturated rings. The number of hydrogen-bond acceptors (Lipinski definition) is 5. The second kappa shape index (κ2) is 7.98. The fraction of sp³-hybridized carbons (Fsp3) is 0.381. The predicted octanol–water partition coefficient (Wildman–Crippen LogP) is 3.01. The second-order valence-electron chi connectivity index (χ2n) is 7.10. The van der Waals surface area contributed by atoms with Crippen LogP contribution in [0.1, 0.15) is 31.9 Å². The largest absolute Gasteiger partial charge is 0.375 e. The molecule has 4 rings (SSSR count). The third-order valence-electron chi connectivity index (χ3n) is 5.01. The molecule has 1 atom stereocenters. The van der Waals surface area contributed by atoms with Crippen LogP contribution in [0.2, 0.25) is 0 Å². The Morgan fingerprint density at radius 3 is 2.89 bits per heavy atom. The van der Waals surface area contributed by atoms with Gasteiger partial charge in [-0.05, 0) is 25.3 Å². The highest BCUT2D eigenvalue weighted by atomic mass is 16.5. The smallest absolute Gasteiger partial charge is 0.240 e. The number of fused-ring (bicyclic) bond motifs is 1. The molecular formula is C21H25N5O2. The Morgan fingerprint density at radius 1 is 1.32 bits per heavy atom. The minimum absolute atomic E-state index is 0.312. The SMILES string of the molecule is CCCOCc1cc2c(N3CCC[C@H]3C(N)=O)nc(-c3ccccc3)nc2[nH]1. The Balaban J connectivity index is 1.81. The maximum absolute atomic E-state index is 12.0. The average Bonchev–Trinajstić information content (AvgIpc) is 3.35. The van der Waals surface area contributed by atoms with E-state index in [1.807, 2.05) is 41.3 Å². The zero-order valence-electron chi connectivity index (χ0n) is 16.0. The van der Waals surface area contributed by atoms with Crippen LogP contribution in [-0.4, -0.2) is 40.1 Å². The van der Waals surface area contributed by atoms with E-state index in [0.29, 0.717) is 19.0 Å². The highest BCUT2D eigenvalue weighted by molar-refractivity contribution is 5.93. The standard InChI is InChI=1S/C21H25N5O2/c1-2-11-28-13-15-12-16-20(23-15)24-19(14-7-4-3-5-8-14)25-21(16)26-10-6-9-17(26)18(22)27/h3-5,7-8,12,17H,2,6,9-11,13H2,1H3,(H2,22,27)(H,23,24,25)/t17-/m0/s1. The third kappa shape index (κ3) is 3.57. The van der Waals surface area contributed by atoms with Crippen LogP contribution >= 0.6 is 0 Å². The highest BCUT2D eigenvalue weighted by Crippen LogP contribution is 2.32. The van der Waals surface area contributed by atoms with E-state index >= 15 is 0 Å². The lowest BCUT2D eigenvalue weighted by atomic mass is 10.2. The number of ether oxygens (including phenoxy) is 1. The number of benzene rings is 1. The van der Waals surface area contributed by atoms with Gasteiger partial charge in [0.1, 0.15) is 17.5 Å². The first-order valence-corrected chi connectivity index (χ1v) is 9.76. The van der Waals surface area contributed by atoms with Gasteiger partial charge < -0.3 is 20.4 Å². The number of hydrogen-bond donors (Lipinski definition) is 2. The van der Waals surface area contributed by atoms with E-state index in [-0.39, 0.29) is 11.9 Å². The van der Waals surface area contributed by atoms with E-state index in [1.165, 1.54) is 0 Å². The van der Waals surface area contributed by atoms with E-state index < -0.39 is 0 Å². The van der Waals surface area contributed by atoms with Crippen LogP contribution in [0.25, 0.3) is 22.4 Å². The van der Waals surface area contributed by atoms with Crippen molar-refractivity contribution < 1.29 is 9.53 Å². The lowest BCUT2D eigenvalue weighted by molar-refractivity contribution is -0.119. The van der Waals surface area contributed by atoms with Gasteiger partial charge in [-0.25, -0.2) is 9.97 Å². The molecule has 0 bridgehead atoms. The first-order chi connectivity index (χ1) is 13.7. The van der Waals surface area contributed by atoms with Crippen molar-refractivity contribution in [2.24, 2.45) is 5.73 Å². The second-order valence-corrected chi connectivity index (χ2v) is 7.10. The fourth-order valence-corrected chi connectivity index (χ4v) is 3.70. The number of aromatic nitrogens is 3. The first-order valence-electron chi connectivity index (χ1n) is 9.76. The quantitative estimate of drug-likeness (QED) is 0.615. The molecule has 1 amide bonds. The molecule has 3 heterocycles. The maximum Gasteiger partial charge on any atom is 0.240 e. The lowest BCUT2D eigenvalue weighted by Crippen LogP contribution is -2.40. The number of carbonyl (C=O) groups excluding carboxylic acids is 1. The molecule has 0 saturated carbocycles. The monoisotopic (exact) mass is 379 g/mol. The predicted molar refractivity (Wildman–Crippen MR) is 109 cm³/mol. The Bertz CT molecular complexity index is 970. The summed E-state index contributed by atoms with van der Waals surface area (Å²) in [7, 11) is 0. The van der Waals surface area contributed by atoms with Crippen molar-refractivity contribution in [1.82, 2.24) is 15.0 Å². The van der Waals surface area contributed by atoms with E-state index in [1.54, 1.807) is 0 Å². The molecule has 1 saturated heterocycles. The molecule has 0 unspecified atom stereocenters. The Labute approximate surface area is 163 Å². The maximum atomic E-state index is 12.0. The number of anilines is 1. The van der Waals surface area contributed by atoms with E-state index in [9.17, 15) is 4.79 Å². The van der Waals surface area contributed by atoms with Gasteiger partial charge in [-0.2, -0.15) is 0 Å². The summed E-state index contributed by atoms with van der Waals surface area (Å²) in [5.41, 5.74) is 8.27. The Hall–Kier alpha value is -2.93. The van der Waals surface area contributed by atoms with Gasteiger partial charge in [0.15, 0.2) is 5.82 Å². The average molecular weight is 379 g/mol. The number of nitrogens with one attached hydrogen (secondary N) is 1. The molecule has 0 aliphatic carbocycles. The molecule has 1 aliphatic rings. The van der Waals surface area contributed by atoms with Crippen molar-refractivity contribution >= 4 is 22.8 Å². The highest BCUT2D eigenvalue weighted by Gasteiger charge is 2.32. The van der Waals surface area contributed by atoms with Crippen LogP contribution in [0.4, 0.5) is 5.82 Å². The minimum atomic E-state index is -0.337. The Kier molecular flexibility index (Phi) is 5.25. The summed E-state index contributed by atoms with van der Waals surface area (Å²) in [6, 6.07) is 11.5. The molecule has 7 heteroatoms. The molecule has 3 aromatic rings. The summed E-state index contributed by atoms with van der Waals surface area (Å²) in [5, 5.41) is 0.892. The van der Waals surface area contributed by atoms with Crippen LogP contribution in [0.3, 0.4) is 0 Å². The first kappa shape index (κ1) is 18.4. The molecule has 146 valence electrons. The summed E-state index contributed by atoms with van der Waals surface area (Å²) in [6.45, 7) is 4.03. The van der Waals surface area contributed by atoms with Crippen LogP contribution < -0.4 is 10.6 Å². The summed E-state index contributed by atoms with van der Waals surface area (Å²) in [6.07, 6.45) is 2.63. The number of nitrogens with zero attached hydrogens (tertiary/aromatic N) is 3. The van der Waals surface area contributed by atoms with Crippen LogP contribution in [0, 0.1) is 0 Å². The molecule has 2 aromatic heterocycles. The zero-order chi connectivity index (χ0) is 19.5. The van der Waals surface area contributed by atoms with Crippen molar-refractivity contribution in [3.8, 4) is 11.4 Å². The van der Waals surface area contributed by atoms with Crippen LogP contribution in [0.15, 0.2) is 36.4 Å². The van der Waals surface area contributed by atoms with Gasteiger partial charge >= 0.3 is 0 Å². The van der Waals surface area contributed by atoms with Gasteiger partial charge in [-0.15, -0.1) is 0 Å². The summed E-state index contributed by atoms with van der Waals surface area (Å²) in [4.78, 5) is 26.9. The number of H-pyrrole nitrogens is 1. The number of aromatic amines is 1. The fourth-order valence-electron chi connectivity index (χ4n) is 3.70. The van der Waals surface area contributed by atoms with Gasteiger partial charge in [0.2, 0.25) is 5.91 Å². The molecule has 7 nitrogen and oxygen atoms in total. The number of amides is 1. The molecule has 0 spiro atoms. The van der Waals surface area contributed by atoms with E-state index in [2.05, 4.69) is 11.9 Å². The van der Waals surface area contributed by atoms with Gasteiger partial charge in [0.25, 0.3) is 0 Å². The van der Waals surface area contributed by atoms with Crippen molar-refractivity contribution in [2.75, 3.05) is 18.1 Å². The van der Waals surface area contributed by atoms with Gasteiger partial charge in [-0.1, -0.05) is 37.3 Å². The number of rotatable bonds is 7. The molecule has 3 N–H and O–H groups in total. The number of carbonyl (C=O) groups is 1. The van der Waals surface area contributed by atoms with Crippen LogP contribution in [-0.2, 0) is 16.1 Å². The summed E-state index contributed by atoms with van der Waals surface area (Å²) >= 11 is 0. The van der Waals surface area contributed by atoms with Gasteiger partial charge in [-0.3, -0.25) is 4.79 Å². The zero-order valence-corrected chi connectivity index (χ0v) is 16.0. The van der Waals surface area contributed by atoms with Crippen molar-refractivity contribution in [3.05, 3.63) is 42.1 Å². The number of primary amides is 1. The summed E-state index contributed by atoms with van der Waals surface area (Å²) < 4.78 is 5.67. The summed E-state index contributed by atoms with van der Waals surface area (Å²) in [5.74, 6) is 1.07. The topological polar surface area (TPSA) is 97.1 Å². The Morgan fingerprint density at radius 2 is 2.14 bits per heavy atom.